The van der Waals surface area contributed by atoms with Crippen molar-refractivity contribution in [2.24, 2.45) is 0 Å². The first-order valence-corrected chi connectivity index (χ1v) is 11.5. The summed E-state index contributed by atoms with van der Waals surface area (Å²) in [5.74, 6) is 1.06. The molecule has 1 amide bonds. The van der Waals surface area contributed by atoms with Crippen LogP contribution in [0.1, 0.15) is 38.2 Å². The van der Waals surface area contributed by atoms with Gasteiger partial charge in [-0.3, -0.25) is 9.69 Å². The SMILES string of the molecule is CC(=O)N1[C@@H]2CC[C@@H]1CC(N(C)Cc1ccc(Oc3nc4ccccc4s3)cc1)C2. The lowest BCUT2D eigenvalue weighted by Gasteiger charge is -2.42. The number of para-hydroxylation sites is 1. The Morgan fingerprint density at radius 3 is 2.50 bits per heavy atom. The molecule has 2 bridgehead atoms. The molecule has 2 aliphatic rings. The van der Waals surface area contributed by atoms with E-state index in [0.29, 0.717) is 23.3 Å². The number of rotatable bonds is 5. The number of aromatic nitrogens is 1. The van der Waals surface area contributed by atoms with Crippen molar-refractivity contribution in [3.8, 4) is 10.9 Å². The average Bonchev–Trinajstić information content (AvgIpc) is 3.26. The maximum Gasteiger partial charge on any atom is 0.279 e. The Bertz CT molecular complexity index is 1000. The van der Waals surface area contributed by atoms with E-state index < -0.39 is 0 Å². The van der Waals surface area contributed by atoms with Crippen LogP contribution in [0, 0.1) is 0 Å². The molecule has 6 heteroatoms. The van der Waals surface area contributed by atoms with Crippen molar-refractivity contribution in [1.82, 2.24) is 14.8 Å². The molecule has 30 heavy (non-hydrogen) atoms. The van der Waals surface area contributed by atoms with Gasteiger partial charge in [-0.2, -0.15) is 0 Å². The largest absolute Gasteiger partial charge is 0.431 e. The monoisotopic (exact) mass is 421 g/mol. The van der Waals surface area contributed by atoms with E-state index in [0.717, 1.165) is 48.2 Å². The number of amides is 1. The minimum Gasteiger partial charge on any atom is -0.431 e. The summed E-state index contributed by atoms with van der Waals surface area (Å²) < 4.78 is 7.10. The van der Waals surface area contributed by atoms with Gasteiger partial charge in [-0.25, -0.2) is 4.98 Å². The first-order valence-electron chi connectivity index (χ1n) is 10.7. The number of nitrogens with zero attached hydrogens (tertiary/aromatic N) is 3. The van der Waals surface area contributed by atoms with Gasteiger partial charge in [-0.1, -0.05) is 35.6 Å². The Labute approximate surface area is 181 Å². The van der Waals surface area contributed by atoms with Crippen LogP contribution in [0.3, 0.4) is 0 Å². The zero-order valence-electron chi connectivity index (χ0n) is 17.5. The predicted molar refractivity (Wildman–Crippen MR) is 120 cm³/mol. The van der Waals surface area contributed by atoms with Crippen molar-refractivity contribution in [1.29, 1.82) is 0 Å². The van der Waals surface area contributed by atoms with E-state index in [1.807, 2.05) is 30.3 Å². The van der Waals surface area contributed by atoms with Crippen molar-refractivity contribution in [3.63, 3.8) is 0 Å². The fourth-order valence-corrected chi connectivity index (χ4v) is 5.93. The zero-order valence-corrected chi connectivity index (χ0v) is 18.3. The maximum atomic E-state index is 11.9. The minimum atomic E-state index is 0.243. The summed E-state index contributed by atoms with van der Waals surface area (Å²) in [6.07, 6.45) is 4.50. The number of ether oxygens (including phenoxy) is 1. The topological polar surface area (TPSA) is 45.7 Å². The van der Waals surface area contributed by atoms with Crippen LogP contribution in [0.4, 0.5) is 0 Å². The molecule has 0 spiro atoms. The highest BCUT2D eigenvalue weighted by atomic mass is 32.1. The van der Waals surface area contributed by atoms with Crippen LogP contribution >= 0.6 is 11.3 Å². The van der Waals surface area contributed by atoms with Gasteiger partial charge in [0.15, 0.2) is 0 Å². The standard InChI is InChI=1S/C24H27N3O2S/c1-16(28)27-18-9-10-19(27)14-20(13-18)26(2)15-17-7-11-21(12-8-17)29-24-25-22-5-3-4-6-23(22)30-24/h3-8,11-12,18-20H,9-10,13-15H2,1-2H3/t18-,19-/m1/s1. The number of thiazole rings is 1. The van der Waals surface area contributed by atoms with Crippen LogP contribution in [0.2, 0.25) is 0 Å². The first kappa shape index (κ1) is 19.5. The summed E-state index contributed by atoms with van der Waals surface area (Å²) in [4.78, 5) is 21.1. The van der Waals surface area contributed by atoms with Crippen LogP contribution in [-0.2, 0) is 11.3 Å². The molecule has 0 aliphatic carbocycles. The van der Waals surface area contributed by atoms with Gasteiger partial charge in [-0.05, 0) is 62.6 Å². The number of carbonyl (C=O) groups excluding carboxylic acids is 1. The summed E-state index contributed by atoms with van der Waals surface area (Å²) >= 11 is 1.56. The smallest absolute Gasteiger partial charge is 0.279 e. The minimum absolute atomic E-state index is 0.243. The maximum absolute atomic E-state index is 11.9. The first-order chi connectivity index (χ1) is 14.6. The van der Waals surface area contributed by atoms with E-state index in [1.165, 1.54) is 5.56 Å². The second-order valence-corrected chi connectivity index (χ2v) is 9.54. The molecule has 3 heterocycles. The molecule has 5 nitrogen and oxygen atoms in total. The van der Waals surface area contributed by atoms with E-state index in [4.69, 9.17) is 4.74 Å². The lowest BCUT2D eigenvalue weighted by molar-refractivity contribution is -0.134. The zero-order chi connectivity index (χ0) is 20.7. The van der Waals surface area contributed by atoms with Gasteiger partial charge >= 0.3 is 0 Å². The summed E-state index contributed by atoms with van der Waals surface area (Å²) in [7, 11) is 2.21. The van der Waals surface area contributed by atoms with Crippen molar-refractivity contribution in [2.45, 2.75) is 57.3 Å². The second-order valence-electron chi connectivity index (χ2n) is 8.55. The van der Waals surface area contributed by atoms with Gasteiger partial charge in [0.25, 0.3) is 5.19 Å². The third kappa shape index (κ3) is 3.82. The van der Waals surface area contributed by atoms with Gasteiger partial charge in [0.1, 0.15) is 5.75 Å². The highest BCUT2D eigenvalue weighted by Gasteiger charge is 2.42. The lowest BCUT2D eigenvalue weighted by atomic mass is 9.95. The Balaban J connectivity index is 1.20. The molecule has 5 rings (SSSR count). The van der Waals surface area contributed by atoms with E-state index in [2.05, 4.69) is 40.0 Å². The van der Waals surface area contributed by atoms with Crippen LogP contribution < -0.4 is 4.74 Å². The third-order valence-electron chi connectivity index (χ3n) is 6.53. The summed E-state index contributed by atoms with van der Waals surface area (Å²) in [5.41, 5.74) is 2.25. The van der Waals surface area contributed by atoms with Gasteiger partial charge in [0.05, 0.1) is 10.2 Å². The fourth-order valence-electron chi connectivity index (χ4n) is 5.10. The Kier molecular flexibility index (Phi) is 5.21. The van der Waals surface area contributed by atoms with Gasteiger partial charge in [0, 0.05) is 31.6 Å². The number of fused-ring (bicyclic) bond motifs is 3. The lowest BCUT2D eigenvalue weighted by Crippen LogP contribution is -2.51. The molecule has 1 aromatic heterocycles. The predicted octanol–water partition coefficient (Wildman–Crippen LogP) is 5.06. The Morgan fingerprint density at radius 1 is 1.13 bits per heavy atom. The summed E-state index contributed by atoms with van der Waals surface area (Å²) in [6.45, 7) is 2.62. The molecule has 2 aromatic carbocycles. The van der Waals surface area contributed by atoms with Crippen LogP contribution in [0.15, 0.2) is 48.5 Å². The molecule has 156 valence electrons. The molecular weight excluding hydrogens is 394 g/mol. The Hall–Kier alpha value is -2.44. The van der Waals surface area contributed by atoms with Gasteiger partial charge in [-0.15, -0.1) is 0 Å². The highest BCUT2D eigenvalue weighted by molar-refractivity contribution is 7.20. The third-order valence-corrected chi connectivity index (χ3v) is 7.44. The number of benzene rings is 2. The molecule has 2 atom stereocenters. The van der Waals surface area contributed by atoms with Crippen molar-refractivity contribution < 1.29 is 9.53 Å². The Morgan fingerprint density at radius 2 is 1.83 bits per heavy atom. The molecule has 2 fully saturated rings. The van der Waals surface area contributed by atoms with E-state index in [-0.39, 0.29) is 5.91 Å². The van der Waals surface area contributed by atoms with Gasteiger partial charge in [0.2, 0.25) is 5.91 Å². The van der Waals surface area contributed by atoms with E-state index in [9.17, 15) is 4.79 Å². The van der Waals surface area contributed by atoms with Crippen molar-refractivity contribution >= 4 is 27.5 Å². The fraction of sp³-hybridized carbons (Fsp3) is 0.417. The summed E-state index contributed by atoms with van der Waals surface area (Å²) in [6, 6.07) is 17.8. The van der Waals surface area contributed by atoms with E-state index in [1.54, 1.807) is 18.3 Å². The van der Waals surface area contributed by atoms with Crippen LogP contribution in [-0.4, -0.2) is 45.9 Å². The number of hydrogen-bond acceptors (Lipinski definition) is 5. The molecule has 0 unspecified atom stereocenters. The van der Waals surface area contributed by atoms with Crippen molar-refractivity contribution in [3.05, 3.63) is 54.1 Å². The number of hydrogen-bond donors (Lipinski definition) is 0. The van der Waals surface area contributed by atoms with Crippen LogP contribution in [0.25, 0.3) is 10.2 Å². The molecule has 0 N–H and O–H groups in total. The van der Waals surface area contributed by atoms with E-state index >= 15 is 0 Å². The molecule has 2 aliphatic heterocycles. The molecule has 2 saturated heterocycles. The van der Waals surface area contributed by atoms with Crippen LogP contribution in [0.5, 0.6) is 10.9 Å². The molecule has 3 aromatic rings. The molecular formula is C24H27N3O2S. The number of piperidine rings is 1. The second kappa shape index (κ2) is 8.00. The molecule has 0 radical (unpaired) electrons. The van der Waals surface area contributed by atoms with Gasteiger partial charge < -0.3 is 9.64 Å². The normalized spacial score (nSPS) is 23.3. The quantitative estimate of drug-likeness (QED) is 0.577. The summed E-state index contributed by atoms with van der Waals surface area (Å²) in [5, 5.41) is 0.675. The highest BCUT2D eigenvalue weighted by Crippen LogP contribution is 2.38. The number of carbonyl (C=O) groups is 1. The average molecular weight is 422 g/mol. The molecule has 0 saturated carbocycles. The van der Waals surface area contributed by atoms with Crippen molar-refractivity contribution in [2.75, 3.05) is 7.05 Å².